The molecular formula is C23H28Cl2N6O3S. The summed E-state index contributed by atoms with van der Waals surface area (Å²) in [5.41, 5.74) is 1.08. The SMILES string of the molecule is CCn1c(Oc2cccc(N3CCN(C)CC3)c2)nnc1[C@@H](C)NS(=O)(=O)c1c(Cl)cccc1Cl. The fraction of sp³-hybridized carbons (Fsp3) is 0.391. The number of anilines is 1. The first kappa shape index (κ1) is 25.7. The average Bonchev–Trinajstić information content (AvgIpc) is 3.22. The molecule has 0 amide bonds. The Morgan fingerprint density at radius 1 is 1.06 bits per heavy atom. The van der Waals surface area contributed by atoms with Gasteiger partial charge in [-0.15, -0.1) is 5.10 Å². The Balaban J connectivity index is 1.53. The number of piperazine rings is 1. The molecule has 188 valence electrons. The number of rotatable bonds is 8. The third-order valence-corrected chi connectivity index (χ3v) is 8.36. The Bertz CT molecular complexity index is 1270. The second kappa shape index (κ2) is 10.7. The Morgan fingerprint density at radius 2 is 1.71 bits per heavy atom. The summed E-state index contributed by atoms with van der Waals surface area (Å²) in [4.78, 5) is 4.45. The Hall–Kier alpha value is -2.37. The molecule has 2 aromatic carbocycles. The molecule has 2 heterocycles. The predicted molar refractivity (Wildman–Crippen MR) is 137 cm³/mol. The van der Waals surface area contributed by atoms with Gasteiger partial charge >= 0.3 is 6.01 Å². The number of halogens is 2. The summed E-state index contributed by atoms with van der Waals surface area (Å²) in [6, 6.07) is 11.9. The van der Waals surface area contributed by atoms with Crippen molar-refractivity contribution in [3.63, 3.8) is 0 Å². The van der Waals surface area contributed by atoms with Crippen molar-refractivity contribution in [2.75, 3.05) is 38.1 Å². The molecule has 0 aliphatic carbocycles. The van der Waals surface area contributed by atoms with Gasteiger partial charge in [-0.05, 0) is 45.2 Å². The Morgan fingerprint density at radius 3 is 2.37 bits per heavy atom. The second-order valence-electron chi connectivity index (χ2n) is 8.37. The second-order valence-corrected chi connectivity index (χ2v) is 10.8. The highest BCUT2D eigenvalue weighted by molar-refractivity contribution is 7.89. The summed E-state index contributed by atoms with van der Waals surface area (Å²) >= 11 is 12.2. The van der Waals surface area contributed by atoms with Gasteiger partial charge in [0, 0.05) is 44.5 Å². The summed E-state index contributed by atoms with van der Waals surface area (Å²) in [6.07, 6.45) is 0. The van der Waals surface area contributed by atoms with Crippen LogP contribution < -0.4 is 14.4 Å². The summed E-state index contributed by atoms with van der Waals surface area (Å²) in [5, 5.41) is 8.46. The molecule has 1 atom stereocenters. The highest BCUT2D eigenvalue weighted by Gasteiger charge is 2.27. The molecule has 4 rings (SSSR count). The lowest BCUT2D eigenvalue weighted by molar-refractivity contribution is 0.312. The summed E-state index contributed by atoms with van der Waals surface area (Å²) in [7, 11) is -1.89. The standard InChI is InChI=1S/C23H28Cl2N6O3S/c1-4-31-22(16(2)28-35(32,33)21-19(24)9-6-10-20(21)25)26-27-23(31)34-18-8-5-7-17(15-18)30-13-11-29(3)12-14-30/h5-10,15-16,28H,4,11-14H2,1-3H3/t16-/m1/s1. The zero-order chi connectivity index (χ0) is 25.2. The normalized spacial score (nSPS) is 15.9. The number of likely N-dealkylation sites (N-methyl/N-ethyl adjacent to an activating group) is 1. The summed E-state index contributed by atoms with van der Waals surface area (Å²) in [5.74, 6) is 1.04. The van der Waals surface area contributed by atoms with Gasteiger partial charge in [-0.3, -0.25) is 4.57 Å². The fourth-order valence-electron chi connectivity index (χ4n) is 3.99. The van der Waals surface area contributed by atoms with Crippen LogP contribution >= 0.6 is 23.2 Å². The first-order valence-corrected chi connectivity index (χ1v) is 13.5. The molecule has 35 heavy (non-hydrogen) atoms. The van der Waals surface area contributed by atoms with E-state index in [9.17, 15) is 8.42 Å². The van der Waals surface area contributed by atoms with Gasteiger partial charge in [0.15, 0.2) is 5.82 Å². The van der Waals surface area contributed by atoms with E-state index in [2.05, 4.69) is 37.8 Å². The molecular weight excluding hydrogens is 511 g/mol. The summed E-state index contributed by atoms with van der Waals surface area (Å²) < 4.78 is 36.4. The van der Waals surface area contributed by atoms with E-state index in [-0.39, 0.29) is 21.0 Å². The van der Waals surface area contributed by atoms with Crippen molar-refractivity contribution >= 4 is 38.9 Å². The van der Waals surface area contributed by atoms with Crippen LogP contribution in [0.1, 0.15) is 25.7 Å². The monoisotopic (exact) mass is 538 g/mol. The van der Waals surface area contributed by atoms with E-state index in [1.807, 2.05) is 25.1 Å². The first-order valence-electron chi connectivity index (χ1n) is 11.3. The Labute approximate surface area is 215 Å². The van der Waals surface area contributed by atoms with E-state index in [0.717, 1.165) is 31.9 Å². The van der Waals surface area contributed by atoms with Gasteiger partial charge in [-0.25, -0.2) is 13.1 Å². The largest absolute Gasteiger partial charge is 0.424 e. The lowest BCUT2D eigenvalue weighted by atomic mass is 10.2. The molecule has 0 bridgehead atoms. The maximum Gasteiger partial charge on any atom is 0.322 e. The van der Waals surface area contributed by atoms with Crippen LogP contribution in [0.3, 0.4) is 0 Å². The minimum atomic E-state index is -4.01. The van der Waals surface area contributed by atoms with Crippen molar-refractivity contribution < 1.29 is 13.2 Å². The minimum Gasteiger partial charge on any atom is -0.424 e. The molecule has 1 N–H and O–H groups in total. The number of nitrogens with zero attached hydrogens (tertiary/aromatic N) is 5. The van der Waals surface area contributed by atoms with Crippen LogP contribution in [0.15, 0.2) is 47.4 Å². The van der Waals surface area contributed by atoms with Crippen molar-refractivity contribution in [3.05, 3.63) is 58.3 Å². The highest BCUT2D eigenvalue weighted by Crippen LogP contribution is 2.31. The van der Waals surface area contributed by atoms with Crippen LogP contribution in [0.2, 0.25) is 10.0 Å². The van der Waals surface area contributed by atoms with Crippen molar-refractivity contribution in [2.24, 2.45) is 0 Å². The zero-order valence-corrected chi connectivity index (χ0v) is 22.1. The molecule has 0 unspecified atom stereocenters. The molecule has 1 aromatic heterocycles. The molecule has 0 radical (unpaired) electrons. The Kier molecular flexibility index (Phi) is 7.87. The molecule has 0 saturated carbocycles. The van der Waals surface area contributed by atoms with Crippen molar-refractivity contribution in [2.45, 2.75) is 31.3 Å². The molecule has 1 saturated heterocycles. The van der Waals surface area contributed by atoms with E-state index in [0.29, 0.717) is 18.1 Å². The van der Waals surface area contributed by atoms with E-state index in [1.165, 1.54) is 12.1 Å². The number of ether oxygens (including phenoxy) is 1. The molecule has 1 aliphatic rings. The number of aromatic nitrogens is 3. The van der Waals surface area contributed by atoms with Gasteiger partial charge in [-0.1, -0.05) is 40.4 Å². The van der Waals surface area contributed by atoms with Crippen LogP contribution in [0, 0.1) is 0 Å². The van der Waals surface area contributed by atoms with Crippen molar-refractivity contribution in [1.29, 1.82) is 0 Å². The van der Waals surface area contributed by atoms with E-state index < -0.39 is 16.1 Å². The maximum atomic E-state index is 13.0. The predicted octanol–water partition coefficient (Wildman–Crippen LogP) is 4.19. The van der Waals surface area contributed by atoms with Crippen LogP contribution in [0.4, 0.5) is 5.69 Å². The molecule has 0 spiro atoms. The van der Waals surface area contributed by atoms with Gasteiger partial charge in [0.05, 0.1) is 16.1 Å². The quantitative estimate of drug-likeness (QED) is 0.459. The highest BCUT2D eigenvalue weighted by atomic mass is 35.5. The number of sulfonamides is 1. The zero-order valence-electron chi connectivity index (χ0n) is 19.8. The van der Waals surface area contributed by atoms with Crippen molar-refractivity contribution in [1.82, 2.24) is 24.4 Å². The first-order chi connectivity index (χ1) is 16.7. The van der Waals surface area contributed by atoms with Crippen LogP contribution in [0.5, 0.6) is 11.8 Å². The molecule has 1 aliphatic heterocycles. The topological polar surface area (TPSA) is 92.6 Å². The third-order valence-electron chi connectivity index (χ3n) is 5.86. The number of nitrogens with one attached hydrogen (secondary N) is 1. The average molecular weight is 539 g/mol. The van der Waals surface area contributed by atoms with Crippen LogP contribution in [0.25, 0.3) is 0 Å². The molecule has 3 aromatic rings. The molecule has 9 nitrogen and oxygen atoms in total. The third kappa shape index (κ3) is 5.73. The molecule has 1 fully saturated rings. The van der Waals surface area contributed by atoms with Gasteiger partial charge in [0.1, 0.15) is 10.6 Å². The molecule has 12 heteroatoms. The summed E-state index contributed by atoms with van der Waals surface area (Å²) in [6.45, 7) is 7.97. The van der Waals surface area contributed by atoms with E-state index >= 15 is 0 Å². The van der Waals surface area contributed by atoms with Gasteiger partial charge in [0.2, 0.25) is 10.0 Å². The number of hydrogen-bond acceptors (Lipinski definition) is 7. The minimum absolute atomic E-state index is 0.0402. The lowest BCUT2D eigenvalue weighted by Crippen LogP contribution is -2.44. The van der Waals surface area contributed by atoms with Gasteiger partial charge in [-0.2, -0.15) is 0 Å². The fourth-order valence-corrected chi connectivity index (χ4v) is 6.34. The van der Waals surface area contributed by atoms with Gasteiger partial charge in [0.25, 0.3) is 0 Å². The van der Waals surface area contributed by atoms with Crippen molar-refractivity contribution in [3.8, 4) is 11.8 Å². The van der Waals surface area contributed by atoms with E-state index in [1.54, 1.807) is 17.6 Å². The number of hydrogen-bond donors (Lipinski definition) is 1. The van der Waals surface area contributed by atoms with E-state index in [4.69, 9.17) is 27.9 Å². The lowest BCUT2D eigenvalue weighted by Gasteiger charge is -2.34. The van der Waals surface area contributed by atoms with Gasteiger partial charge < -0.3 is 14.5 Å². The smallest absolute Gasteiger partial charge is 0.322 e. The number of benzene rings is 2. The maximum absolute atomic E-state index is 13.0. The van der Waals surface area contributed by atoms with Crippen LogP contribution in [-0.4, -0.2) is 61.3 Å². The van der Waals surface area contributed by atoms with Crippen LogP contribution in [-0.2, 0) is 16.6 Å².